The number of hydrogen-bond donors (Lipinski definition) is 0. The zero-order chi connectivity index (χ0) is 13.9. The molecular formula is C16H28N2O. The zero-order valence-electron chi connectivity index (χ0n) is 12.5. The topological polar surface area (TPSA) is 23.6 Å². The van der Waals surface area contributed by atoms with E-state index in [1.165, 1.54) is 38.9 Å². The van der Waals surface area contributed by atoms with Crippen molar-refractivity contribution in [3.8, 4) is 0 Å². The van der Waals surface area contributed by atoms with Gasteiger partial charge in [-0.3, -0.25) is 4.79 Å². The minimum absolute atomic E-state index is 0.144. The molecule has 0 bridgehead atoms. The fraction of sp³-hybridized carbons (Fsp3) is 0.812. The highest BCUT2D eigenvalue weighted by Crippen LogP contribution is 2.40. The summed E-state index contributed by atoms with van der Waals surface area (Å²) in [5.41, 5.74) is 0.530. The molecule has 0 unspecified atom stereocenters. The summed E-state index contributed by atoms with van der Waals surface area (Å²) in [6.45, 7) is 13.4. The lowest BCUT2D eigenvalue weighted by Gasteiger charge is -2.54. The van der Waals surface area contributed by atoms with Crippen molar-refractivity contribution in [3.63, 3.8) is 0 Å². The third kappa shape index (κ3) is 3.38. The van der Waals surface area contributed by atoms with Crippen LogP contribution in [0.15, 0.2) is 12.7 Å². The molecule has 2 fully saturated rings. The van der Waals surface area contributed by atoms with Crippen molar-refractivity contribution in [1.29, 1.82) is 0 Å². The van der Waals surface area contributed by atoms with Crippen molar-refractivity contribution in [2.45, 2.75) is 39.5 Å². The van der Waals surface area contributed by atoms with Crippen molar-refractivity contribution in [1.82, 2.24) is 9.80 Å². The van der Waals surface area contributed by atoms with Crippen molar-refractivity contribution in [2.75, 3.05) is 32.7 Å². The average Bonchev–Trinajstić information content (AvgIpc) is 2.37. The standard InChI is InChI=1S/C16H28N2O/c1-4-5-6-9-17-12-16(13-17)7-10-18(11-8-16)15(19)14(2)3/h4,14H,1,5-13H2,2-3H3. The Balaban J connectivity index is 1.70. The SMILES string of the molecule is C=CCCCN1CC2(CCN(C(=O)C(C)C)CC2)C1. The van der Waals surface area contributed by atoms with Gasteiger partial charge in [-0.2, -0.15) is 0 Å². The molecule has 3 heteroatoms. The lowest BCUT2D eigenvalue weighted by atomic mass is 9.72. The Hall–Kier alpha value is -0.830. The van der Waals surface area contributed by atoms with Crippen LogP contribution >= 0.6 is 0 Å². The first-order valence-electron chi connectivity index (χ1n) is 7.68. The maximum Gasteiger partial charge on any atom is 0.225 e. The van der Waals surface area contributed by atoms with Gasteiger partial charge in [0.15, 0.2) is 0 Å². The van der Waals surface area contributed by atoms with Crippen molar-refractivity contribution >= 4 is 5.91 Å². The summed E-state index contributed by atoms with van der Waals surface area (Å²) in [6.07, 6.45) is 6.76. The van der Waals surface area contributed by atoms with Gasteiger partial charge in [0.2, 0.25) is 5.91 Å². The van der Waals surface area contributed by atoms with E-state index < -0.39 is 0 Å². The maximum absolute atomic E-state index is 12.0. The third-order valence-electron chi connectivity index (χ3n) is 4.63. The van der Waals surface area contributed by atoms with E-state index in [0.717, 1.165) is 19.5 Å². The Labute approximate surface area is 117 Å². The lowest BCUT2D eigenvalue weighted by molar-refractivity contribution is -0.139. The highest BCUT2D eigenvalue weighted by Gasteiger charge is 2.44. The number of carbonyl (C=O) groups is 1. The summed E-state index contributed by atoms with van der Waals surface area (Å²) < 4.78 is 0. The first-order valence-corrected chi connectivity index (χ1v) is 7.68. The van der Waals surface area contributed by atoms with E-state index in [2.05, 4.69) is 16.4 Å². The van der Waals surface area contributed by atoms with Gasteiger partial charge in [0.1, 0.15) is 0 Å². The molecule has 0 saturated carbocycles. The first-order chi connectivity index (χ1) is 9.06. The molecule has 2 rings (SSSR count). The van der Waals surface area contributed by atoms with Crippen LogP contribution in [-0.2, 0) is 4.79 Å². The Bertz CT molecular complexity index is 322. The first kappa shape index (κ1) is 14.6. The van der Waals surface area contributed by atoms with Gasteiger partial charge >= 0.3 is 0 Å². The predicted octanol–water partition coefficient (Wildman–Crippen LogP) is 2.53. The van der Waals surface area contributed by atoms with Gasteiger partial charge in [0.05, 0.1) is 0 Å². The van der Waals surface area contributed by atoms with Crippen LogP contribution in [0.1, 0.15) is 39.5 Å². The number of carbonyl (C=O) groups excluding carboxylic acids is 1. The molecule has 1 amide bonds. The lowest BCUT2D eigenvalue weighted by Crippen LogP contribution is -2.60. The Morgan fingerprint density at radius 2 is 1.95 bits per heavy atom. The molecule has 19 heavy (non-hydrogen) atoms. The minimum atomic E-state index is 0.144. The van der Waals surface area contributed by atoms with Gasteiger partial charge in [-0.05, 0) is 37.6 Å². The fourth-order valence-corrected chi connectivity index (χ4v) is 3.40. The summed E-state index contributed by atoms with van der Waals surface area (Å²) >= 11 is 0. The fourth-order valence-electron chi connectivity index (χ4n) is 3.40. The van der Waals surface area contributed by atoms with Crippen LogP contribution in [-0.4, -0.2) is 48.4 Å². The van der Waals surface area contributed by atoms with Crippen molar-refractivity contribution < 1.29 is 4.79 Å². The second-order valence-electron chi connectivity index (χ2n) is 6.62. The molecular weight excluding hydrogens is 236 g/mol. The number of nitrogens with zero attached hydrogens (tertiary/aromatic N) is 2. The van der Waals surface area contributed by atoms with Crippen LogP contribution in [0.4, 0.5) is 0 Å². The number of hydrogen-bond acceptors (Lipinski definition) is 2. The normalized spacial score (nSPS) is 22.6. The second kappa shape index (κ2) is 6.08. The van der Waals surface area contributed by atoms with Crippen LogP contribution in [0, 0.1) is 11.3 Å². The Morgan fingerprint density at radius 3 is 2.47 bits per heavy atom. The van der Waals surface area contributed by atoms with Gasteiger partial charge in [-0.15, -0.1) is 6.58 Å². The van der Waals surface area contributed by atoms with Gasteiger partial charge in [-0.1, -0.05) is 19.9 Å². The predicted molar refractivity (Wildman–Crippen MR) is 79.0 cm³/mol. The number of rotatable bonds is 5. The summed E-state index contributed by atoms with van der Waals surface area (Å²) in [7, 11) is 0. The van der Waals surface area contributed by atoms with Crippen molar-refractivity contribution in [2.24, 2.45) is 11.3 Å². The van der Waals surface area contributed by atoms with Gasteiger partial charge in [0, 0.05) is 32.1 Å². The second-order valence-corrected chi connectivity index (χ2v) is 6.62. The molecule has 0 aliphatic carbocycles. The molecule has 0 N–H and O–H groups in total. The summed E-state index contributed by atoms with van der Waals surface area (Å²) in [4.78, 5) is 16.6. The van der Waals surface area contributed by atoms with E-state index in [9.17, 15) is 4.79 Å². The van der Waals surface area contributed by atoms with Crippen LogP contribution in [0.5, 0.6) is 0 Å². The van der Waals surface area contributed by atoms with E-state index in [-0.39, 0.29) is 5.92 Å². The van der Waals surface area contributed by atoms with Gasteiger partial charge < -0.3 is 9.80 Å². The van der Waals surface area contributed by atoms with E-state index >= 15 is 0 Å². The molecule has 0 aromatic heterocycles. The number of allylic oxidation sites excluding steroid dienone is 1. The van der Waals surface area contributed by atoms with E-state index in [1.54, 1.807) is 0 Å². The number of likely N-dealkylation sites (tertiary alicyclic amines) is 2. The highest BCUT2D eigenvalue weighted by atomic mass is 16.2. The van der Waals surface area contributed by atoms with Crippen LogP contribution < -0.4 is 0 Å². The minimum Gasteiger partial charge on any atom is -0.342 e. The van der Waals surface area contributed by atoms with Crippen LogP contribution in [0.3, 0.4) is 0 Å². The van der Waals surface area contributed by atoms with Crippen molar-refractivity contribution in [3.05, 3.63) is 12.7 Å². The zero-order valence-corrected chi connectivity index (χ0v) is 12.5. The van der Waals surface area contributed by atoms with Gasteiger partial charge in [-0.25, -0.2) is 0 Å². The Kier molecular flexibility index (Phi) is 4.67. The molecule has 2 aliphatic heterocycles. The van der Waals surface area contributed by atoms with Crippen LogP contribution in [0.25, 0.3) is 0 Å². The Morgan fingerprint density at radius 1 is 1.32 bits per heavy atom. The molecule has 2 heterocycles. The van der Waals surface area contributed by atoms with E-state index in [1.807, 2.05) is 19.9 Å². The molecule has 1 spiro atoms. The highest BCUT2D eigenvalue weighted by molar-refractivity contribution is 5.78. The largest absolute Gasteiger partial charge is 0.342 e. The maximum atomic E-state index is 12.0. The smallest absolute Gasteiger partial charge is 0.225 e. The molecule has 2 saturated heterocycles. The van der Waals surface area contributed by atoms with Crippen LogP contribution in [0.2, 0.25) is 0 Å². The third-order valence-corrected chi connectivity index (χ3v) is 4.63. The summed E-state index contributed by atoms with van der Waals surface area (Å²) in [6, 6.07) is 0. The monoisotopic (exact) mass is 264 g/mol. The van der Waals surface area contributed by atoms with E-state index in [0.29, 0.717) is 11.3 Å². The van der Waals surface area contributed by atoms with Gasteiger partial charge in [0.25, 0.3) is 0 Å². The molecule has 0 atom stereocenters. The average molecular weight is 264 g/mol. The molecule has 0 aromatic carbocycles. The molecule has 108 valence electrons. The molecule has 2 aliphatic rings. The molecule has 3 nitrogen and oxygen atoms in total. The summed E-state index contributed by atoms with van der Waals surface area (Å²) in [5, 5.41) is 0. The molecule has 0 radical (unpaired) electrons. The summed E-state index contributed by atoms with van der Waals surface area (Å²) in [5.74, 6) is 0.475. The molecule has 0 aromatic rings. The number of amides is 1. The quantitative estimate of drug-likeness (QED) is 0.563. The number of piperidine rings is 1. The number of unbranched alkanes of at least 4 members (excludes halogenated alkanes) is 1. The van der Waals surface area contributed by atoms with E-state index in [4.69, 9.17) is 0 Å².